The summed E-state index contributed by atoms with van der Waals surface area (Å²) in [7, 11) is 1.66. The predicted molar refractivity (Wildman–Crippen MR) is 106 cm³/mol. The lowest BCUT2D eigenvalue weighted by atomic mass is 10.1. The Morgan fingerprint density at radius 1 is 1.04 bits per heavy atom. The quantitative estimate of drug-likeness (QED) is 0.670. The van der Waals surface area contributed by atoms with E-state index in [-0.39, 0.29) is 5.91 Å². The van der Waals surface area contributed by atoms with Crippen LogP contribution in [0.3, 0.4) is 0 Å². The maximum atomic E-state index is 12.3. The first-order chi connectivity index (χ1) is 13.2. The highest BCUT2D eigenvalue weighted by atomic mass is 16.5. The third-order valence-corrected chi connectivity index (χ3v) is 4.18. The number of hydrogen-bond acceptors (Lipinski definition) is 5. The monoisotopic (exact) mass is 362 g/mol. The van der Waals surface area contributed by atoms with Crippen molar-refractivity contribution in [2.24, 2.45) is 0 Å². The Hall–Kier alpha value is -3.41. The molecule has 0 aliphatic carbocycles. The zero-order valence-corrected chi connectivity index (χ0v) is 15.4. The third-order valence-electron chi connectivity index (χ3n) is 4.18. The zero-order valence-electron chi connectivity index (χ0n) is 15.4. The normalized spacial score (nSPS) is 10.3. The number of aryl methyl sites for hydroxylation is 1. The van der Waals surface area contributed by atoms with Gasteiger partial charge in [0.05, 0.1) is 12.7 Å². The molecule has 0 atom stereocenters. The van der Waals surface area contributed by atoms with Gasteiger partial charge in [-0.3, -0.25) is 4.79 Å². The van der Waals surface area contributed by atoms with Crippen LogP contribution in [0.1, 0.15) is 21.5 Å². The largest absolute Gasteiger partial charge is 0.496 e. The maximum absolute atomic E-state index is 12.3. The number of benzene rings is 2. The number of aromatic nitrogens is 2. The van der Waals surface area contributed by atoms with E-state index < -0.39 is 0 Å². The van der Waals surface area contributed by atoms with Crippen molar-refractivity contribution in [1.29, 1.82) is 0 Å². The molecule has 0 aliphatic rings. The van der Waals surface area contributed by atoms with Gasteiger partial charge in [-0.05, 0) is 36.6 Å². The average molecular weight is 362 g/mol. The summed E-state index contributed by atoms with van der Waals surface area (Å²) >= 11 is 0. The van der Waals surface area contributed by atoms with Gasteiger partial charge in [-0.15, -0.1) is 0 Å². The van der Waals surface area contributed by atoms with Crippen LogP contribution < -0.4 is 15.4 Å². The van der Waals surface area contributed by atoms with Gasteiger partial charge in [0, 0.05) is 24.6 Å². The minimum Gasteiger partial charge on any atom is -0.496 e. The van der Waals surface area contributed by atoms with Crippen molar-refractivity contribution in [3.63, 3.8) is 0 Å². The summed E-state index contributed by atoms with van der Waals surface area (Å²) < 4.78 is 5.34. The van der Waals surface area contributed by atoms with E-state index in [0.717, 1.165) is 29.0 Å². The molecule has 0 saturated heterocycles. The number of nitrogens with one attached hydrogen (secondary N) is 2. The lowest BCUT2D eigenvalue weighted by molar-refractivity contribution is 0.102. The van der Waals surface area contributed by atoms with Crippen molar-refractivity contribution >= 4 is 17.5 Å². The van der Waals surface area contributed by atoms with E-state index in [4.69, 9.17) is 4.74 Å². The van der Waals surface area contributed by atoms with Crippen LogP contribution in [-0.2, 0) is 6.42 Å². The van der Waals surface area contributed by atoms with Gasteiger partial charge in [0.1, 0.15) is 5.75 Å². The van der Waals surface area contributed by atoms with Crippen molar-refractivity contribution in [2.45, 2.75) is 13.3 Å². The summed E-state index contributed by atoms with van der Waals surface area (Å²) in [5.41, 5.74) is 3.30. The Morgan fingerprint density at radius 2 is 1.74 bits per heavy atom. The van der Waals surface area contributed by atoms with Gasteiger partial charge in [-0.1, -0.05) is 36.4 Å². The molecule has 1 heterocycles. The van der Waals surface area contributed by atoms with Crippen molar-refractivity contribution in [2.75, 3.05) is 24.3 Å². The third kappa shape index (κ3) is 4.82. The first-order valence-corrected chi connectivity index (χ1v) is 8.72. The van der Waals surface area contributed by atoms with Gasteiger partial charge in [0.15, 0.2) is 0 Å². The fraction of sp³-hybridized carbons (Fsp3) is 0.190. The van der Waals surface area contributed by atoms with E-state index in [1.165, 1.54) is 12.4 Å². The van der Waals surface area contributed by atoms with E-state index in [9.17, 15) is 4.79 Å². The molecule has 0 radical (unpaired) electrons. The molecule has 0 spiro atoms. The molecule has 0 aliphatic heterocycles. The summed E-state index contributed by atoms with van der Waals surface area (Å²) in [4.78, 5) is 20.8. The molecule has 1 aromatic heterocycles. The Balaban J connectivity index is 1.55. The highest BCUT2D eigenvalue weighted by Gasteiger charge is 2.09. The lowest BCUT2D eigenvalue weighted by Crippen LogP contribution is -2.14. The first-order valence-electron chi connectivity index (χ1n) is 8.72. The fourth-order valence-electron chi connectivity index (χ4n) is 2.66. The summed E-state index contributed by atoms with van der Waals surface area (Å²) in [6, 6.07) is 15.5. The smallest absolute Gasteiger partial charge is 0.258 e. The van der Waals surface area contributed by atoms with Crippen LogP contribution in [0.4, 0.5) is 11.6 Å². The number of ether oxygens (including phenoxy) is 1. The van der Waals surface area contributed by atoms with E-state index in [1.807, 2.05) is 55.5 Å². The molecule has 2 N–H and O–H groups in total. The van der Waals surface area contributed by atoms with Gasteiger partial charge >= 0.3 is 0 Å². The molecule has 0 saturated carbocycles. The number of anilines is 2. The number of rotatable bonds is 7. The molecule has 27 heavy (non-hydrogen) atoms. The van der Waals surface area contributed by atoms with E-state index in [0.29, 0.717) is 18.1 Å². The molecule has 138 valence electrons. The van der Waals surface area contributed by atoms with Gasteiger partial charge in [0.2, 0.25) is 5.95 Å². The number of carbonyl (C=O) groups is 1. The van der Waals surface area contributed by atoms with Crippen LogP contribution in [0.15, 0.2) is 60.9 Å². The molecule has 0 fully saturated rings. The molecular weight excluding hydrogens is 340 g/mol. The first kappa shape index (κ1) is 18.4. The molecule has 6 nitrogen and oxygen atoms in total. The number of para-hydroxylation sites is 2. The maximum Gasteiger partial charge on any atom is 0.258 e. The number of nitrogens with zero attached hydrogens (tertiary/aromatic N) is 2. The van der Waals surface area contributed by atoms with Gasteiger partial charge < -0.3 is 15.4 Å². The Labute approximate surface area is 158 Å². The van der Waals surface area contributed by atoms with E-state index in [1.54, 1.807) is 7.11 Å². The van der Waals surface area contributed by atoms with E-state index >= 15 is 0 Å². The SMILES string of the molecule is COc1ccccc1CCNc1ncc(C(=O)Nc2ccccc2C)cn1. The standard InChI is InChI=1S/C21H22N4O2/c1-15-7-3-5-9-18(15)25-20(26)17-13-23-21(24-14-17)22-12-11-16-8-4-6-10-19(16)27-2/h3-10,13-14H,11-12H2,1-2H3,(H,25,26)(H,22,23,24). The number of methoxy groups -OCH3 is 1. The minimum absolute atomic E-state index is 0.232. The fourth-order valence-corrected chi connectivity index (χ4v) is 2.66. The van der Waals surface area contributed by atoms with Crippen LogP contribution >= 0.6 is 0 Å². The topological polar surface area (TPSA) is 76.1 Å². The second kappa shape index (κ2) is 8.80. The molecule has 6 heteroatoms. The Kier molecular flexibility index (Phi) is 5.99. The van der Waals surface area contributed by atoms with Crippen molar-refractivity contribution in [3.05, 3.63) is 77.6 Å². The number of hydrogen-bond donors (Lipinski definition) is 2. The summed E-state index contributed by atoms with van der Waals surface area (Å²) in [5, 5.41) is 6.03. The average Bonchev–Trinajstić information content (AvgIpc) is 2.70. The second-order valence-corrected chi connectivity index (χ2v) is 6.05. The van der Waals surface area contributed by atoms with Crippen LogP contribution in [0.25, 0.3) is 0 Å². The van der Waals surface area contributed by atoms with Gasteiger partial charge in [-0.2, -0.15) is 0 Å². The Morgan fingerprint density at radius 3 is 2.48 bits per heavy atom. The number of amides is 1. The zero-order chi connectivity index (χ0) is 19.1. The molecular formula is C21H22N4O2. The summed E-state index contributed by atoms with van der Waals surface area (Å²) in [6.45, 7) is 2.61. The van der Waals surface area contributed by atoms with Gasteiger partial charge in [-0.25, -0.2) is 9.97 Å². The van der Waals surface area contributed by atoms with E-state index in [2.05, 4.69) is 20.6 Å². The molecule has 2 aromatic carbocycles. The highest BCUT2D eigenvalue weighted by molar-refractivity contribution is 6.04. The molecule has 0 unspecified atom stereocenters. The van der Waals surface area contributed by atoms with Gasteiger partial charge in [0.25, 0.3) is 5.91 Å². The minimum atomic E-state index is -0.232. The molecule has 1 amide bonds. The Bertz CT molecular complexity index is 910. The van der Waals surface area contributed by atoms with Crippen LogP contribution in [0.2, 0.25) is 0 Å². The van der Waals surface area contributed by atoms with Crippen LogP contribution in [0, 0.1) is 6.92 Å². The van der Waals surface area contributed by atoms with Crippen molar-refractivity contribution in [3.8, 4) is 5.75 Å². The van der Waals surface area contributed by atoms with Crippen LogP contribution in [-0.4, -0.2) is 29.5 Å². The van der Waals surface area contributed by atoms with Crippen LogP contribution in [0.5, 0.6) is 5.75 Å². The second-order valence-electron chi connectivity index (χ2n) is 6.05. The van der Waals surface area contributed by atoms with Crippen molar-refractivity contribution in [1.82, 2.24) is 9.97 Å². The number of carbonyl (C=O) groups excluding carboxylic acids is 1. The molecule has 0 bridgehead atoms. The summed E-state index contributed by atoms with van der Waals surface area (Å²) in [5.74, 6) is 1.12. The summed E-state index contributed by atoms with van der Waals surface area (Å²) in [6.07, 6.45) is 3.82. The highest BCUT2D eigenvalue weighted by Crippen LogP contribution is 2.18. The molecule has 3 aromatic rings. The molecule has 3 rings (SSSR count). The predicted octanol–water partition coefficient (Wildman–Crippen LogP) is 3.70. The van der Waals surface area contributed by atoms with Crippen molar-refractivity contribution < 1.29 is 9.53 Å². The lowest BCUT2D eigenvalue weighted by Gasteiger charge is -2.10.